The molecule has 0 unspecified atom stereocenters. The molecule has 4 nitrogen and oxygen atoms in total. The molecule has 5 heteroatoms. The first-order chi connectivity index (χ1) is 9.15. The van der Waals surface area contributed by atoms with Gasteiger partial charge in [-0.15, -0.1) is 0 Å². The number of hydrogen-bond donors (Lipinski definition) is 1. The predicted octanol–water partition coefficient (Wildman–Crippen LogP) is 2.54. The van der Waals surface area contributed by atoms with Crippen LogP contribution in [-0.2, 0) is 6.42 Å². The molecular formula is C14H12FNO3. The van der Waals surface area contributed by atoms with Gasteiger partial charge in [0.25, 0.3) is 0 Å². The van der Waals surface area contributed by atoms with Gasteiger partial charge in [0.1, 0.15) is 5.82 Å². The van der Waals surface area contributed by atoms with Crippen molar-refractivity contribution in [3.8, 4) is 5.88 Å². The monoisotopic (exact) mass is 261 g/mol. The molecule has 0 fully saturated rings. The van der Waals surface area contributed by atoms with Gasteiger partial charge in [0.05, 0.1) is 12.2 Å². The SMILES string of the molecule is O=C(O)c1ccnc(OCCc2cccc(F)c2)c1. The van der Waals surface area contributed by atoms with E-state index in [0.29, 0.717) is 13.0 Å². The van der Waals surface area contributed by atoms with Crippen LogP contribution in [0.4, 0.5) is 4.39 Å². The van der Waals surface area contributed by atoms with Crippen molar-refractivity contribution >= 4 is 5.97 Å². The number of nitrogens with zero attached hydrogens (tertiary/aromatic N) is 1. The molecule has 0 aliphatic carbocycles. The predicted molar refractivity (Wildman–Crippen MR) is 66.8 cm³/mol. The summed E-state index contributed by atoms with van der Waals surface area (Å²) >= 11 is 0. The normalized spacial score (nSPS) is 10.2. The highest BCUT2D eigenvalue weighted by Gasteiger charge is 2.05. The Morgan fingerprint density at radius 2 is 2.16 bits per heavy atom. The summed E-state index contributed by atoms with van der Waals surface area (Å²) in [4.78, 5) is 14.7. The summed E-state index contributed by atoms with van der Waals surface area (Å²) < 4.78 is 18.3. The average molecular weight is 261 g/mol. The zero-order chi connectivity index (χ0) is 13.7. The van der Waals surface area contributed by atoms with Crippen LogP contribution in [0.15, 0.2) is 42.6 Å². The number of aromatic carboxylic acids is 1. The first-order valence-corrected chi connectivity index (χ1v) is 5.72. The van der Waals surface area contributed by atoms with Gasteiger partial charge in [-0.05, 0) is 23.8 Å². The van der Waals surface area contributed by atoms with Gasteiger partial charge < -0.3 is 9.84 Å². The molecule has 0 radical (unpaired) electrons. The highest BCUT2D eigenvalue weighted by molar-refractivity contribution is 5.87. The first kappa shape index (κ1) is 13.0. The number of carboxylic acids is 1. The Morgan fingerprint density at radius 1 is 1.32 bits per heavy atom. The number of rotatable bonds is 5. The van der Waals surface area contributed by atoms with Gasteiger partial charge in [0, 0.05) is 18.7 Å². The fraction of sp³-hybridized carbons (Fsp3) is 0.143. The van der Waals surface area contributed by atoms with Crippen molar-refractivity contribution in [2.45, 2.75) is 6.42 Å². The van der Waals surface area contributed by atoms with Crippen molar-refractivity contribution in [2.24, 2.45) is 0 Å². The van der Waals surface area contributed by atoms with E-state index in [2.05, 4.69) is 4.98 Å². The number of hydrogen-bond acceptors (Lipinski definition) is 3. The molecule has 0 amide bonds. The van der Waals surface area contributed by atoms with Crippen molar-refractivity contribution in [2.75, 3.05) is 6.61 Å². The molecule has 0 aliphatic heterocycles. The van der Waals surface area contributed by atoms with Crippen LogP contribution >= 0.6 is 0 Å². The van der Waals surface area contributed by atoms with Gasteiger partial charge in [-0.3, -0.25) is 0 Å². The van der Waals surface area contributed by atoms with Crippen LogP contribution in [0.2, 0.25) is 0 Å². The molecule has 0 atom stereocenters. The molecule has 1 N–H and O–H groups in total. The van der Waals surface area contributed by atoms with Gasteiger partial charge in [-0.1, -0.05) is 12.1 Å². The van der Waals surface area contributed by atoms with Crippen LogP contribution in [0.1, 0.15) is 15.9 Å². The minimum atomic E-state index is -1.03. The second-order valence-corrected chi connectivity index (χ2v) is 3.92. The van der Waals surface area contributed by atoms with E-state index in [1.807, 2.05) is 0 Å². The zero-order valence-corrected chi connectivity index (χ0v) is 10.0. The molecule has 2 aromatic rings. The fourth-order valence-electron chi connectivity index (χ4n) is 1.59. The lowest BCUT2D eigenvalue weighted by atomic mass is 10.1. The largest absolute Gasteiger partial charge is 0.478 e. The van der Waals surface area contributed by atoms with E-state index in [1.54, 1.807) is 12.1 Å². The third-order valence-electron chi connectivity index (χ3n) is 2.51. The minimum Gasteiger partial charge on any atom is -0.478 e. The van der Waals surface area contributed by atoms with Crippen LogP contribution in [0.5, 0.6) is 5.88 Å². The molecule has 0 aliphatic rings. The molecular weight excluding hydrogens is 249 g/mol. The number of aromatic nitrogens is 1. The van der Waals surface area contributed by atoms with Crippen LogP contribution in [0.25, 0.3) is 0 Å². The molecule has 0 spiro atoms. The van der Waals surface area contributed by atoms with E-state index < -0.39 is 5.97 Å². The summed E-state index contributed by atoms with van der Waals surface area (Å²) in [6.45, 7) is 0.305. The number of ether oxygens (including phenoxy) is 1. The number of carbonyl (C=O) groups is 1. The van der Waals surface area contributed by atoms with Crippen LogP contribution < -0.4 is 4.74 Å². The van der Waals surface area contributed by atoms with Gasteiger partial charge in [0.2, 0.25) is 5.88 Å². The van der Waals surface area contributed by atoms with Crippen molar-refractivity contribution in [1.29, 1.82) is 0 Å². The lowest BCUT2D eigenvalue weighted by Gasteiger charge is -2.06. The van der Waals surface area contributed by atoms with Gasteiger partial charge in [-0.2, -0.15) is 0 Å². The maximum Gasteiger partial charge on any atom is 0.335 e. The quantitative estimate of drug-likeness (QED) is 0.898. The van der Waals surface area contributed by atoms with Crippen molar-refractivity contribution < 1.29 is 19.0 Å². The molecule has 1 aromatic heterocycles. The molecule has 0 bridgehead atoms. The Labute approximate surface area is 109 Å². The van der Waals surface area contributed by atoms with E-state index >= 15 is 0 Å². The zero-order valence-electron chi connectivity index (χ0n) is 10.0. The summed E-state index contributed by atoms with van der Waals surface area (Å²) in [6, 6.07) is 8.99. The standard InChI is InChI=1S/C14H12FNO3/c15-12-3-1-2-10(8-12)5-7-19-13-9-11(14(17)18)4-6-16-13/h1-4,6,8-9H,5,7H2,(H,17,18). The van der Waals surface area contributed by atoms with Gasteiger partial charge >= 0.3 is 5.97 Å². The first-order valence-electron chi connectivity index (χ1n) is 5.72. The van der Waals surface area contributed by atoms with Gasteiger partial charge in [0.15, 0.2) is 0 Å². The van der Waals surface area contributed by atoms with Crippen LogP contribution in [-0.4, -0.2) is 22.7 Å². The van der Waals surface area contributed by atoms with E-state index in [9.17, 15) is 9.18 Å². The topological polar surface area (TPSA) is 59.4 Å². The second-order valence-electron chi connectivity index (χ2n) is 3.92. The molecule has 2 rings (SSSR count). The fourth-order valence-corrected chi connectivity index (χ4v) is 1.59. The summed E-state index contributed by atoms with van der Waals surface area (Å²) in [6.07, 6.45) is 1.90. The Kier molecular flexibility index (Phi) is 4.07. The average Bonchev–Trinajstić information content (AvgIpc) is 2.39. The molecule has 98 valence electrons. The summed E-state index contributed by atoms with van der Waals surface area (Å²) in [5.74, 6) is -1.07. The maximum atomic E-state index is 12.9. The maximum absolute atomic E-state index is 12.9. The molecule has 19 heavy (non-hydrogen) atoms. The van der Waals surface area contributed by atoms with Crippen molar-refractivity contribution in [3.63, 3.8) is 0 Å². The lowest BCUT2D eigenvalue weighted by Crippen LogP contribution is -2.04. The Bertz CT molecular complexity index is 586. The van der Waals surface area contributed by atoms with E-state index in [4.69, 9.17) is 9.84 Å². The third kappa shape index (κ3) is 3.77. The van der Waals surface area contributed by atoms with E-state index in [-0.39, 0.29) is 17.3 Å². The molecule has 0 saturated heterocycles. The van der Waals surface area contributed by atoms with Crippen LogP contribution in [0.3, 0.4) is 0 Å². The minimum absolute atomic E-state index is 0.121. The van der Waals surface area contributed by atoms with E-state index in [1.165, 1.54) is 30.5 Å². The lowest BCUT2D eigenvalue weighted by molar-refractivity contribution is 0.0696. The molecule has 1 heterocycles. The summed E-state index contributed by atoms with van der Waals surface area (Å²) in [7, 11) is 0. The smallest absolute Gasteiger partial charge is 0.335 e. The number of carboxylic acid groups (broad SMARTS) is 1. The number of halogens is 1. The third-order valence-corrected chi connectivity index (χ3v) is 2.51. The number of pyridine rings is 1. The van der Waals surface area contributed by atoms with Crippen LogP contribution in [0, 0.1) is 5.82 Å². The molecule has 0 saturated carbocycles. The second kappa shape index (κ2) is 5.95. The number of benzene rings is 1. The summed E-state index contributed by atoms with van der Waals surface area (Å²) in [5.41, 5.74) is 0.935. The van der Waals surface area contributed by atoms with Gasteiger partial charge in [-0.25, -0.2) is 14.2 Å². The Hall–Kier alpha value is -2.43. The van der Waals surface area contributed by atoms with Crippen molar-refractivity contribution in [1.82, 2.24) is 4.98 Å². The van der Waals surface area contributed by atoms with Crippen molar-refractivity contribution in [3.05, 3.63) is 59.5 Å². The Morgan fingerprint density at radius 3 is 2.89 bits per heavy atom. The Balaban J connectivity index is 1.92. The molecule has 1 aromatic carbocycles. The van der Waals surface area contributed by atoms with E-state index in [0.717, 1.165) is 5.56 Å². The highest BCUT2D eigenvalue weighted by atomic mass is 19.1. The highest BCUT2D eigenvalue weighted by Crippen LogP contribution is 2.10. The summed E-state index contributed by atoms with van der Waals surface area (Å²) in [5, 5.41) is 8.82.